The van der Waals surface area contributed by atoms with E-state index in [9.17, 15) is 36.6 Å². The average Bonchev–Trinajstić information content (AvgIpc) is 3.47. The summed E-state index contributed by atoms with van der Waals surface area (Å²) in [5.41, 5.74) is -1.74. The normalized spacial score (nSPS) is 15.0. The number of aliphatic hydroxyl groups is 1. The lowest BCUT2D eigenvalue weighted by Crippen LogP contribution is -2.26. The number of carbonyl (C=O) groups is 2. The third-order valence-electron chi connectivity index (χ3n) is 6.51. The van der Waals surface area contributed by atoms with Gasteiger partial charge in [-0.25, -0.2) is 8.78 Å². The Morgan fingerprint density at radius 2 is 1.81 bits per heavy atom. The second-order valence-corrected chi connectivity index (χ2v) is 10.9. The van der Waals surface area contributed by atoms with Gasteiger partial charge in [0.05, 0.1) is 29.9 Å². The average molecular weight is 605 g/mol. The highest BCUT2D eigenvalue weighted by Crippen LogP contribution is 2.42. The number of hydrogen-bond donors (Lipinski definition) is 3. The van der Waals surface area contributed by atoms with Crippen LogP contribution in [0.1, 0.15) is 57.3 Å². The molecule has 1 aliphatic rings. The minimum absolute atomic E-state index is 0.00997. The molecular formula is C29H22ClF5N4O3. The summed E-state index contributed by atoms with van der Waals surface area (Å²) in [6.45, 7) is 3.33. The van der Waals surface area contributed by atoms with Crippen LogP contribution in [0, 0.1) is 11.6 Å². The van der Waals surface area contributed by atoms with E-state index < -0.39 is 52.4 Å². The number of aromatic nitrogens is 2. The lowest BCUT2D eigenvalue weighted by atomic mass is 9.93. The van der Waals surface area contributed by atoms with Crippen molar-refractivity contribution in [3.8, 4) is 11.1 Å². The fourth-order valence-electron chi connectivity index (χ4n) is 4.75. The first-order valence-corrected chi connectivity index (χ1v) is 12.8. The van der Waals surface area contributed by atoms with Gasteiger partial charge in [-0.15, -0.1) is 0 Å². The number of carbonyl (C=O) groups excluding carboxylic acids is 2. The summed E-state index contributed by atoms with van der Waals surface area (Å²) in [5, 5.41) is 19.7. The van der Waals surface area contributed by atoms with Gasteiger partial charge in [-0.05, 0) is 67.9 Å². The van der Waals surface area contributed by atoms with Gasteiger partial charge in [0.25, 0.3) is 11.8 Å². The zero-order valence-corrected chi connectivity index (χ0v) is 22.7. The van der Waals surface area contributed by atoms with Crippen molar-refractivity contribution in [2.45, 2.75) is 38.2 Å². The Bertz CT molecular complexity index is 1730. The Labute approximate surface area is 240 Å². The van der Waals surface area contributed by atoms with Gasteiger partial charge in [0.2, 0.25) is 0 Å². The summed E-state index contributed by atoms with van der Waals surface area (Å²) in [7, 11) is 0. The standard InChI is InChI=1S/C29H22ClF5N4O3/c1-28(2,42)13-39-12-16(11-36-39)14-7-21-24(25(38-27(21)41)20-10-18(31)3-4-22(20)30)23(8-14)37-26(40)15-5-17(29(33,34)35)9-19(32)6-15/h3-12,25,42H,13H2,1-2H3,(H,37,40)(H,38,41)/t25-/m1/s1. The number of alkyl halides is 3. The van der Waals surface area contributed by atoms with Gasteiger partial charge in [-0.1, -0.05) is 11.6 Å². The monoisotopic (exact) mass is 604 g/mol. The molecular weight excluding hydrogens is 583 g/mol. The third-order valence-corrected chi connectivity index (χ3v) is 6.85. The van der Waals surface area contributed by atoms with E-state index in [0.29, 0.717) is 23.3 Å². The maximum Gasteiger partial charge on any atom is 0.416 e. The molecule has 42 heavy (non-hydrogen) atoms. The van der Waals surface area contributed by atoms with Crippen LogP contribution < -0.4 is 10.6 Å². The van der Waals surface area contributed by atoms with E-state index in [1.807, 2.05) is 0 Å². The first-order chi connectivity index (χ1) is 19.6. The van der Waals surface area contributed by atoms with Gasteiger partial charge in [-0.3, -0.25) is 14.3 Å². The Hall–Kier alpha value is -4.29. The number of nitrogens with one attached hydrogen (secondary N) is 2. The first kappa shape index (κ1) is 29.2. The Morgan fingerprint density at radius 3 is 2.50 bits per heavy atom. The van der Waals surface area contributed by atoms with Crippen LogP contribution >= 0.6 is 11.6 Å². The smallest absolute Gasteiger partial charge is 0.389 e. The summed E-state index contributed by atoms with van der Waals surface area (Å²) < 4.78 is 69.7. The summed E-state index contributed by atoms with van der Waals surface area (Å²) >= 11 is 6.32. The van der Waals surface area contributed by atoms with Gasteiger partial charge < -0.3 is 15.7 Å². The molecule has 1 aromatic heterocycles. The van der Waals surface area contributed by atoms with Crippen LogP contribution in [0.5, 0.6) is 0 Å². The molecule has 0 spiro atoms. The second-order valence-electron chi connectivity index (χ2n) is 10.5. The molecule has 2 heterocycles. The highest BCUT2D eigenvalue weighted by molar-refractivity contribution is 6.31. The summed E-state index contributed by atoms with van der Waals surface area (Å²) in [5.74, 6) is -3.57. The molecule has 0 radical (unpaired) electrons. The SMILES string of the molecule is CC(C)(O)Cn1cc(-c2cc(NC(=O)c3cc(F)cc(C(F)(F)F)c3)c3c(c2)C(=O)N[C@@H]3c2cc(F)ccc2Cl)cn1. The molecule has 2 amide bonds. The molecule has 1 atom stereocenters. The number of hydrogen-bond acceptors (Lipinski definition) is 4. The van der Waals surface area contributed by atoms with Crippen LogP contribution in [0.15, 0.2) is 60.9 Å². The molecule has 0 saturated carbocycles. The molecule has 13 heteroatoms. The van der Waals surface area contributed by atoms with Crippen LogP contribution in [0.3, 0.4) is 0 Å². The van der Waals surface area contributed by atoms with Crippen LogP contribution in [-0.4, -0.2) is 32.3 Å². The summed E-state index contributed by atoms with van der Waals surface area (Å²) in [6.07, 6.45) is -1.84. The van der Waals surface area contributed by atoms with Gasteiger partial charge >= 0.3 is 6.18 Å². The minimum Gasteiger partial charge on any atom is -0.389 e. The van der Waals surface area contributed by atoms with Crippen molar-refractivity contribution in [2.75, 3.05) is 5.32 Å². The molecule has 218 valence electrons. The van der Waals surface area contributed by atoms with Crippen LogP contribution in [0.4, 0.5) is 27.6 Å². The number of fused-ring (bicyclic) bond motifs is 1. The molecule has 0 fully saturated rings. The zero-order chi connectivity index (χ0) is 30.6. The molecule has 0 aliphatic carbocycles. The molecule has 0 saturated heterocycles. The van der Waals surface area contributed by atoms with Crippen molar-refractivity contribution in [3.63, 3.8) is 0 Å². The Kier molecular flexibility index (Phi) is 7.32. The highest BCUT2D eigenvalue weighted by atomic mass is 35.5. The van der Waals surface area contributed by atoms with Crippen molar-refractivity contribution < 1.29 is 36.6 Å². The van der Waals surface area contributed by atoms with Crippen LogP contribution in [0.2, 0.25) is 5.02 Å². The van der Waals surface area contributed by atoms with E-state index in [1.54, 1.807) is 20.0 Å². The second kappa shape index (κ2) is 10.5. The molecule has 0 unspecified atom stereocenters. The predicted octanol–water partition coefficient (Wildman–Crippen LogP) is 6.36. The largest absolute Gasteiger partial charge is 0.416 e. The maximum absolute atomic E-state index is 14.2. The van der Waals surface area contributed by atoms with Crippen molar-refractivity contribution in [1.29, 1.82) is 0 Å². The maximum atomic E-state index is 14.2. The van der Waals surface area contributed by atoms with Gasteiger partial charge in [0, 0.05) is 44.7 Å². The van der Waals surface area contributed by atoms with Crippen LogP contribution in [0.25, 0.3) is 11.1 Å². The molecule has 0 bridgehead atoms. The number of nitrogens with zero attached hydrogens (tertiary/aromatic N) is 2. The van der Waals surface area contributed by atoms with Crippen molar-refractivity contribution in [1.82, 2.24) is 15.1 Å². The zero-order valence-electron chi connectivity index (χ0n) is 22.0. The van der Waals surface area contributed by atoms with Gasteiger partial charge in [0.15, 0.2) is 0 Å². The quantitative estimate of drug-likeness (QED) is 0.223. The lowest BCUT2D eigenvalue weighted by molar-refractivity contribution is -0.137. The lowest BCUT2D eigenvalue weighted by Gasteiger charge is -2.19. The van der Waals surface area contributed by atoms with E-state index in [0.717, 1.165) is 12.1 Å². The molecule has 3 N–H and O–H groups in total. The van der Waals surface area contributed by atoms with E-state index in [4.69, 9.17) is 11.6 Å². The van der Waals surface area contributed by atoms with E-state index in [2.05, 4.69) is 15.7 Å². The third kappa shape index (κ3) is 6.00. The number of rotatable bonds is 6. The molecule has 3 aromatic carbocycles. The van der Waals surface area contributed by atoms with Gasteiger partial charge in [-0.2, -0.15) is 18.3 Å². The number of benzene rings is 3. The number of amides is 2. The predicted molar refractivity (Wildman–Crippen MR) is 144 cm³/mol. The molecule has 4 aromatic rings. The fourth-order valence-corrected chi connectivity index (χ4v) is 4.97. The molecule has 7 nitrogen and oxygen atoms in total. The number of halogens is 6. The topological polar surface area (TPSA) is 96.2 Å². The minimum atomic E-state index is -4.91. The van der Waals surface area contributed by atoms with E-state index >= 15 is 0 Å². The first-order valence-electron chi connectivity index (χ1n) is 12.5. The van der Waals surface area contributed by atoms with Crippen molar-refractivity contribution in [2.24, 2.45) is 0 Å². The molecule has 5 rings (SSSR count). The highest BCUT2D eigenvalue weighted by Gasteiger charge is 2.36. The Morgan fingerprint density at radius 1 is 1.07 bits per heavy atom. The molecule has 1 aliphatic heterocycles. The van der Waals surface area contributed by atoms with Crippen molar-refractivity contribution >= 4 is 29.1 Å². The van der Waals surface area contributed by atoms with Gasteiger partial charge in [0.1, 0.15) is 11.6 Å². The number of anilines is 1. The Balaban J connectivity index is 1.64. The fraction of sp³-hybridized carbons (Fsp3) is 0.207. The summed E-state index contributed by atoms with van der Waals surface area (Å²) in [6, 6.07) is 6.92. The van der Waals surface area contributed by atoms with Crippen molar-refractivity contribution in [3.05, 3.63) is 105 Å². The van der Waals surface area contributed by atoms with Crippen LogP contribution in [-0.2, 0) is 12.7 Å². The summed E-state index contributed by atoms with van der Waals surface area (Å²) in [4.78, 5) is 26.4. The van der Waals surface area contributed by atoms with E-state index in [-0.39, 0.29) is 40.0 Å². The van der Waals surface area contributed by atoms with E-state index in [1.165, 1.54) is 29.1 Å².